The molecule has 0 aliphatic rings. The maximum absolute atomic E-state index is 9.40. The second-order valence-corrected chi connectivity index (χ2v) is 12.0. The maximum atomic E-state index is 9.40. The summed E-state index contributed by atoms with van der Waals surface area (Å²) in [4.78, 5) is 0. The lowest BCUT2D eigenvalue weighted by Crippen LogP contribution is -2.35. The van der Waals surface area contributed by atoms with E-state index in [1.165, 1.54) is 12.1 Å². The van der Waals surface area contributed by atoms with Gasteiger partial charge in [-0.1, -0.05) is 31.2 Å². The molecule has 5 nitrogen and oxygen atoms in total. The molecule has 0 aliphatic heterocycles. The van der Waals surface area contributed by atoms with Gasteiger partial charge in [-0.25, -0.2) is 0 Å². The first kappa shape index (κ1) is 18.5. The lowest BCUT2D eigenvalue weighted by molar-refractivity contribution is 0.0225. The molecule has 8 heteroatoms. The van der Waals surface area contributed by atoms with Gasteiger partial charge in [0.25, 0.3) is 0 Å². The largest absolute Gasteiger partial charge is 0.492 e. The average Bonchev–Trinajstić information content (AvgIpc) is 2.35. The Kier molecular flexibility index (Phi) is 7.19. The highest BCUT2D eigenvalue weighted by Gasteiger charge is 2.22. The summed E-state index contributed by atoms with van der Waals surface area (Å²) in [5, 5.41) is 28.4. The summed E-state index contributed by atoms with van der Waals surface area (Å²) in [6.45, 7) is 6.99. The van der Waals surface area contributed by atoms with Gasteiger partial charge in [0.2, 0.25) is 0 Å². The molecular formula is C13H22BClO5Si. The van der Waals surface area contributed by atoms with Crippen LogP contribution < -0.4 is 10.2 Å². The predicted molar refractivity (Wildman–Crippen MR) is 86.8 cm³/mol. The van der Waals surface area contributed by atoms with Crippen molar-refractivity contribution in [2.75, 3.05) is 13.4 Å². The highest BCUT2D eigenvalue weighted by atomic mass is 35.5. The molecule has 1 aromatic carbocycles. The van der Waals surface area contributed by atoms with Crippen molar-refractivity contribution < 1.29 is 24.6 Å². The van der Waals surface area contributed by atoms with Crippen molar-refractivity contribution in [3.63, 3.8) is 0 Å². The molecule has 0 unspecified atom stereocenters. The van der Waals surface area contributed by atoms with E-state index in [0.717, 1.165) is 6.04 Å². The number of hydrogen-bond donors (Lipinski definition) is 3. The van der Waals surface area contributed by atoms with Gasteiger partial charge in [-0.05, 0) is 23.7 Å². The second-order valence-electron chi connectivity index (χ2n) is 5.99. The predicted octanol–water partition coefficient (Wildman–Crippen LogP) is 1.20. The van der Waals surface area contributed by atoms with Crippen LogP contribution in [0.4, 0.5) is 0 Å². The Morgan fingerprint density at radius 3 is 2.43 bits per heavy atom. The Balaban J connectivity index is 2.68. The third-order valence-corrected chi connectivity index (χ3v) is 4.84. The molecule has 21 heavy (non-hydrogen) atoms. The molecule has 1 aromatic rings. The molecule has 0 saturated carbocycles. The van der Waals surface area contributed by atoms with Crippen LogP contribution >= 0.6 is 11.6 Å². The molecule has 3 N–H and O–H groups in total. The van der Waals surface area contributed by atoms with Crippen LogP contribution in [0.3, 0.4) is 0 Å². The first-order valence-corrected chi connectivity index (χ1v) is 10.8. The normalized spacial score (nSPS) is 11.6. The van der Waals surface area contributed by atoms with Crippen molar-refractivity contribution in [1.29, 1.82) is 0 Å². The van der Waals surface area contributed by atoms with E-state index in [1.54, 1.807) is 0 Å². The molecule has 0 radical (unpaired) electrons. The summed E-state index contributed by atoms with van der Waals surface area (Å²) in [5.74, 6) is 0.203. The van der Waals surface area contributed by atoms with Gasteiger partial charge in [0.1, 0.15) is 5.75 Å². The van der Waals surface area contributed by atoms with E-state index in [4.69, 9.17) is 21.1 Å². The Hall–Kier alpha value is -0.568. The summed E-state index contributed by atoms with van der Waals surface area (Å²) < 4.78 is 10.8. The van der Waals surface area contributed by atoms with Crippen LogP contribution in [-0.2, 0) is 11.3 Å². The third kappa shape index (κ3) is 6.38. The van der Waals surface area contributed by atoms with Crippen molar-refractivity contribution >= 4 is 32.3 Å². The number of halogens is 1. The van der Waals surface area contributed by atoms with Crippen LogP contribution in [0.1, 0.15) is 5.56 Å². The van der Waals surface area contributed by atoms with Crippen LogP contribution in [0.25, 0.3) is 0 Å². The van der Waals surface area contributed by atoms with Crippen molar-refractivity contribution in [3.8, 4) is 5.75 Å². The molecule has 0 atom stereocenters. The van der Waals surface area contributed by atoms with E-state index >= 15 is 0 Å². The number of hydrogen-bond acceptors (Lipinski definition) is 5. The lowest BCUT2D eigenvalue weighted by Gasteiger charge is -2.17. The minimum absolute atomic E-state index is 0.00455. The summed E-state index contributed by atoms with van der Waals surface area (Å²) in [6, 6.07) is 3.95. The van der Waals surface area contributed by atoms with Crippen molar-refractivity contribution in [1.82, 2.24) is 0 Å². The van der Waals surface area contributed by atoms with Gasteiger partial charge in [0, 0.05) is 25.2 Å². The minimum Gasteiger partial charge on any atom is -0.468 e. The SMILES string of the molecule is C[Si](C)(C)CCOCOc1cc(Cl)cc(CO)c1B(O)O. The summed E-state index contributed by atoms with van der Waals surface area (Å²) in [7, 11) is -2.90. The van der Waals surface area contributed by atoms with Gasteiger partial charge < -0.3 is 24.6 Å². The Labute approximate surface area is 131 Å². The van der Waals surface area contributed by atoms with Gasteiger partial charge in [-0.15, -0.1) is 0 Å². The summed E-state index contributed by atoms with van der Waals surface area (Å²) in [5.41, 5.74) is 0.422. The van der Waals surface area contributed by atoms with E-state index in [2.05, 4.69) is 19.6 Å². The molecule has 0 aromatic heterocycles. The fraction of sp³-hybridized carbons (Fsp3) is 0.538. The van der Waals surface area contributed by atoms with Gasteiger partial charge >= 0.3 is 7.12 Å². The topological polar surface area (TPSA) is 79.2 Å². The fourth-order valence-electron chi connectivity index (χ4n) is 1.73. The molecule has 118 valence electrons. The molecular weight excluding hydrogens is 310 g/mol. The van der Waals surface area contributed by atoms with Crippen LogP contribution in [0, 0.1) is 0 Å². The molecule has 0 amide bonds. The number of aliphatic hydroxyl groups is 1. The molecule has 0 spiro atoms. The fourth-order valence-corrected chi connectivity index (χ4v) is 2.72. The van der Waals surface area contributed by atoms with Gasteiger partial charge in [0.15, 0.2) is 6.79 Å². The van der Waals surface area contributed by atoms with Crippen LogP contribution in [0.2, 0.25) is 30.7 Å². The number of benzene rings is 1. The highest BCUT2D eigenvalue weighted by molar-refractivity contribution is 6.76. The molecule has 0 heterocycles. The second kappa shape index (κ2) is 8.17. The quantitative estimate of drug-likeness (QED) is 0.379. The zero-order valence-corrected chi connectivity index (χ0v) is 14.4. The first-order chi connectivity index (χ1) is 9.74. The zero-order valence-electron chi connectivity index (χ0n) is 12.6. The Morgan fingerprint density at radius 1 is 1.24 bits per heavy atom. The Morgan fingerprint density at radius 2 is 1.90 bits per heavy atom. The molecule has 0 saturated heterocycles. The van der Waals surface area contributed by atoms with Crippen molar-refractivity contribution in [2.24, 2.45) is 0 Å². The van der Waals surface area contributed by atoms with E-state index in [0.29, 0.717) is 17.2 Å². The highest BCUT2D eigenvalue weighted by Crippen LogP contribution is 2.20. The summed E-state index contributed by atoms with van der Waals surface area (Å²) >= 11 is 5.92. The van der Waals surface area contributed by atoms with Crippen molar-refractivity contribution in [3.05, 3.63) is 22.7 Å². The standard InChI is InChI=1S/C13H22BClO5Si/c1-21(2,3)5-4-19-9-20-12-7-11(15)6-10(8-16)13(12)14(17)18/h6-7,16-18H,4-5,8-9H2,1-3H3. The zero-order chi connectivity index (χ0) is 16.0. The first-order valence-electron chi connectivity index (χ1n) is 6.74. The molecule has 0 bridgehead atoms. The minimum atomic E-state index is -1.75. The van der Waals surface area contributed by atoms with E-state index in [-0.39, 0.29) is 24.6 Å². The number of ether oxygens (including phenoxy) is 2. The van der Waals surface area contributed by atoms with Crippen LogP contribution in [0.15, 0.2) is 12.1 Å². The number of rotatable bonds is 8. The van der Waals surface area contributed by atoms with E-state index in [9.17, 15) is 15.2 Å². The average molecular weight is 333 g/mol. The van der Waals surface area contributed by atoms with Gasteiger partial charge in [-0.2, -0.15) is 0 Å². The number of aliphatic hydroxyl groups excluding tert-OH is 1. The van der Waals surface area contributed by atoms with Crippen LogP contribution in [-0.4, -0.2) is 43.7 Å². The van der Waals surface area contributed by atoms with Crippen molar-refractivity contribution in [2.45, 2.75) is 32.3 Å². The lowest BCUT2D eigenvalue weighted by atomic mass is 9.76. The summed E-state index contributed by atoms with van der Waals surface area (Å²) in [6.07, 6.45) is 0. The van der Waals surface area contributed by atoms with Crippen LogP contribution in [0.5, 0.6) is 5.75 Å². The third-order valence-electron chi connectivity index (χ3n) is 2.92. The molecule has 1 rings (SSSR count). The smallest absolute Gasteiger partial charge is 0.468 e. The molecule has 0 fully saturated rings. The van der Waals surface area contributed by atoms with Gasteiger partial charge in [-0.3, -0.25) is 0 Å². The van der Waals surface area contributed by atoms with Gasteiger partial charge in [0.05, 0.1) is 6.61 Å². The Bertz CT molecular complexity index is 465. The molecule has 0 aliphatic carbocycles. The monoisotopic (exact) mass is 332 g/mol. The van der Waals surface area contributed by atoms with E-state index < -0.39 is 15.2 Å². The maximum Gasteiger partial charge on any atom is 0.492 e. The van der Waals surface area contributed by atoms with E-state index in [1.807, 2.05) is 0 Å².